The Morgan fingerprint density at radius 1 is 1.33 bits per heavy atom. The molecular weight excluding hydrogens is 254 g/mol. The number of hydrogen-bond donors (Lipinski definition) is 1. The standard InChI is InChI=1S/C13H14F2N2S/c1-9(13-17-4-5-18-13)7-16-8-10-2-3-11(14)12(15)6-10/h2-6,9,16H,7-8H2,1H3. The summed E-state index contributed by atoms with van der Waals surface area (Å²) in [7, 11) is 0. The van der Waals surface area contributed by atoms with Crippen LogP contribution in [0.2, 0.25) is 0 Å². The van der Waals surface area contributed by atoms with Gasteiger partial charge in [-0.15, -0.1) is 11.3 Å². The minimum atomic E-state index is -0.810. The Hall–Kier alpha value is -1.33. The predicted molar refractivity (Wildman–Crippen MR) is 68.6 cm³/mol. The first-order chi connectivity index (χ1) is 8.66. The molecule has 1 aromatic carbocycles. The third kappa shape index (κ3) is 3.34. The van der Waals surface area contributed by atoms with Crippen LogP contribution in [0.3, 0.4) is 0 Å². The molecule has 18 heavy (non-hydrogen) atoms. The highest BCUT2D eigenvalue weighted by Gasteiger charge is 2.08. The molecule has 0 bridgehead atoms. The molecule has 0 amide bonds. The van der Waals surface area contributed by atoms with E-state index in [9.17, 15) is 8.78 Å². The summed E-state index contributed by atoms with van der Waals surface area (Å²) in [6, 6.07) is 3.95. The molecule has 1 N–H and O–H groups in total. The quantitative estimate of drug-likeness (QED) is 0.900. The Morgan fingerprint density at radius 3 is 2.83 bits per heavy atom. The van der Waals surface area contributed by atoms with Crippen LogP contribution >= 0.6 is 11.3 Å². The van der Waals surface area contributed by atoms with Gasteiger partial charge in [0, 0.05) is 30.6 Å². The van der Waals surface area contributed by atoms with Crippen LogP contribution in [-0.2, 0) is 6.54 Å². The van der Waals surface area contributed by atoms with Gasteiger partial charge in [-0.3, -0.25) is 0 Å². The number of halogens is 2. The molecule has 5 heteroatoms. The zero-order chi connectivity index (χ0) is 13.0. The van der Waals surface area contributed by atoms with Crippen LogP contribution in [0.4, 0.5) is 8.78 Å². The molecule has 0 radical (unpaired) electrons. The zero-order valence-electron chi connectivity index (χ0n) is 9.99. The van der Waals surface area contributed by atoms with Crippen LogP contribution < -0.4 is 5.32 Å². The van der Waals surface area contributed by atoms with E-state index in [1.165, 1.54) is 6.07 Å². The van der Waals surface area contributed by atoms with Crippen LogP contribution in [0.25, 0.3) is 0 Å². The van der Waals surface area contributed by atoms with Gasteiger partial charge in [-0.2, -0.15) is 0 Å². The van der Waals surface area contributed by atoms with E-state index in [0.29, 0.717) is 12.5 Å². The third-order valence-electron chi connectivity index (χ3n) is 2.64. The topological polar surface area (TPSA) is 24.9 Å². The second-order valence-electron chi connectivity index (χ2n) is 4.15. The second kappa shape index (κ2) is 6.02. The van der Waals surface area contributed by atoms with Crippen molar-refractivity contribution in [2.24, 2.45) is 0 Å². The molecule has 0 saturated heterocycles. The number of aromatic nitrogens is 1. The Bertz CT molecular complexity index is 500. The van der Waals surface area contributed by atoms with Crippen LogP contribution in [0.1, 0.15) is 23.4 Å². The lowest BCUT2D eigenvalue weighted by molar-refractivity contribution is 0.505. The fourth-order valence-corrected chi connectivity index (χ4v) is 2.35. The highest BCUT2D eigenvalue weighted by Crippen LogP contribution is 2.16. The van der Waals surface area contributed by atoms with E-state index in [1.807, 2.05) is 5.38 Å². The Labute approximate surface area is 109 Å². The SMILES string of the molecule is CC(CNCc1ccc(F)c(F)c1)c1nccs1. The molecular formula is C13H14F2N2S. The van der Waals surface area contributed by atoms with Gasteiger partial charge in [0.05, 0.1) is 5.01 Å². The van der Waals surface area contributed by atoms with Gasteiger partial charge in [0.2, 0.25) is 0 Å². The smallest absolute Gasteiger partial charge is 0.159 e. The molecule has 1 aromatic heterocycles. The van der Waals surface area contributed by atoms with Gasteiger partial charge in [0.1, 0.15) is 0 Å². The lowest BCUT2D eigenvalue weighted by Crippen LogP contribution is -2.19. The van der Waals surface area contributed by atoms with Crippen molar-refractivity contribution in [1.29, 1.82) is 0 Å². The van der Waals surface area contributed by atoms with E-state index >= 15 is 0 Å². The number of hydrogen-bond acceptors (Lipinski definition) is 3. The highest BCUT2D eigenvalue weighted by atomic mass is 32.1. The summed E-state index contributed by atoms with van der Waals surface area (Å²) >= 11 is 1.62. The van der Waals surface area contributed by atoms with Crippen molar-refractivity contribution < 1.29 is 8.78 Å². The Morgan fingerprint density at radius 2 is 2.17 bits per heavy atom. The van der Waals surface area contributed by atoms with Crippen molar-refractivity contribution in [3.05, 3.63) is 52.0 Å². The molecule has 0 aliphatic rings. The summed E-state index contributed by atoms with van der Waals surface area (Å²) < 4.78 is 25.7. The van der Waals surface area contributed by atoms with E-state index in [1.54, 1.807) is 23.6 Å². The fraction of sp³-hybridized carbons (Fsp3) is 0.308. The minimum Gasteiger partial charge on any atom is -0.312 e. The monoisotopic (exact) mass is 268 g/mol. The Kier molecular flexibility index (Phi) is 4.38. The molecule has 1 unspecified atom stereocenters. The molecule has 2 aromatic rings. The maximum atomic E-state index is 13.0. The second-order valence-corrected chi connectivity index (χ2v) is 5.08. The van der Waals surface area contributed by atoms with Crippen molar-refractivity contribution >= 4 is 11.3 Å². The van der Waals surface area contributed by atoms with Crippen molar-refractivity contribution in [2.45, 2.75) is 19.4 Å². The summed E-state index contributed by atoms with van der Waals surface area (Å²) in [4.78, 5) is 4.24. The number of nitrogens with zero attached hydrogens (tertiary/aromatic N) is 1. The number of thiazole rings is 1. The summed E-state index contributed by atoms with van der Waals surface area (Å²) in [5, 5.41) is 6.24. The van der Waals surface area contributed by atoms with E-state index in [4.69, 9.17) is 0 Å². The molecule has 2 rings (SSSR count). The number of rotatable bonds is 5. The van der Waals surface area contributed by atoms with E-state index in [2.05, 4.69) is 17.2 Å². The van der Waals surface area contributed by atoms with Gasteiger partial charge in [0.15, 0.2) is 11.6 Å². The fourth-order valence-electron chi connectivity index (χ4n) is 1.65. The van der Waals surface area contributed by atoms with Gasteiger partial charge >= 0.3 is 0 Å². The number of benzene rings is 1. The average molecular weight is 268 g/mol. The molecule has 2 nitrogen and oxygen atoms in total. The zero-order valence-corrected chi connectivity index (χ0v) is 10.8. The van der Waals surface area contributed by atoms with Crippen LogP contribution in [0.15, 0.2) is 29.8 Å². The molecule has 0 saturated carbocycles. The van der Waals surface area contributed by atoms with E-state index in [-0.39, 0.29) is 0 Å². The van der Waals surface area contributed by atoms with Gasteiger partial charge < -0.3 is 5.32 Å². The van der Waals surface area contributed by atoms with Crippen molar-refractivity contribution in [2.75, 3.05) is 6.54 Å². The van der Waals surface area contributed by atoms with Crippen molar-refractivity contribution in [3.8, 4) is 0 Å². The first-order valence-electron chi connectivity index (χ1n) is 5.71. The molecule has 0 aliphatic heterocycles. The van der Waals surface area contributed by atoms with Gasteiger partial charge in [-0.1, -0.05) is 13.0 Å². The van der Waals surface area contributed by atoms with Crippen molar-refractivity contribution in [3.63, 3.8) is 0 Å². The lowest BCUT2D eigenvalue weighted by atomic mass is 10.1. The summed E-state index contributed by atoms with van der Waals surface area (Å²) in [5.74, 6) is -1.30. The van der Waals surface area contributed by atoms with Gasteiger partial charge in [0.25, 0.3) is 0 Å². The normalized spacial score (nSPS) is 12.6. The van der Waals surface area contributed by atoms with Crippen molar-refractivity contribution in [1.82, 2.24) is 10.3 Å². The van der Waals surface area contributed by atoms with E-state index in [0.717, 1.165) is 23.2 Å². The van der Waals surface area contributed by atoms with Gasteiger partial charge in [-0.05, 0) is 17.7 Å². The maximum Gasteiger partial charge on any atom is 0.159 e. The van der Waals surface area contributed by atoms with Crippen LogP contribution in [0.5, 0.6) is 0 Å². The highest BCUT2D eigenvalue weighted by molar-refractivity contribution is 7.09. The lowest BCUT2D eigenvalue weighted by Gasteiger charge is -2.10. The summed E-state index contributed by atoms with van der Waals surface area (Å²) in [6.07, 6.45) is 1.78. The van der Waals surface area contributed by atoms with Gasteiger partial charge in [-0.25, -0.2) is 13.8 Å². The summed E-state index contributed by atoms with van der Waals surface area (Å²) in [6.45, 7) is 3.36. The largest absolute Gasteiger partial charge is 0.312 e. The average Bonchev–Trinajstić information content (AvgIpc) is 2.87. The molecule has 0 fully saturated rings. The maximum absolute atomic E-state index is 13.0. The molecule has 1 heterocycles. The minimum absolute atomic E-state index is 0.315. The first-order valence-corrected chi connectivity index (χ1v) is 6.59. The van der Waals surface area contributed by atoms with E-state index < -0.39 is 11.6 Å². The molecule has 1 atom stereocenters. The van der Waals surface area contributed by atoms with Crippen LogP contribution in [0, 0.1) is 11.6 Å². The predicted octanol–water partition coefficient (Wildman–Crippen LogP) is 3.31. The third-order valence-corrected chi connectivity index (χ3v) is 3.64. The van der Waals surface area contributed by atoms with Crippen LogP contribution in [-0.4, -0.2) is 11.5 Å². The summed E-state index contributed by atoms with van der Waals surface area (Å²) in [5.41, 5.74) is 0.736. The Balaban J connectivity index is 1.83. The first kappa shape index (κ1) is 13.1. The molecule has 0 aliphatic carbocycles. The molecule has 96 valence electrons. The number of nitrogens with one attached hydrogen (secondary N) is 1. The molecule has 0 spiro atoms.